The van der Waals surface area contributed by atoms with Gasteiger partial charge in [-0.3, -0.25) is 10.3 Å². The molecule has 0 aromatic rings. The molecular formula is C12H24N4. The molecule has 2 fully saturated rings. The molecule has 0 saturated carbocycles. The van der Waals surface area contributed by atoms with E-state index in [4.69, 9.17) is 11.1 Å². The third-order valence-electron chi connectivity index (χ3n) is 4.15. The summed E-state index contributed by atoms with van der Waals surface area (Å²) in [7, 11) is 2.28. The van der Waals surface area contributed by atoms with Gasteiger partial charge in [0.2, 0.25) is 0 Å². The molecule has 0 aromatic carbocycles. The summed E-state index contributed by atoms with van der Waals surface area (Å²) < 4.78 is 0. The summed E-state index contributed by atoms with van der Waals surface area (Å²) in [5.41, 5.74) is 5.38. The number of rotatable bonds is 4. The lowest BCUT2D eigenvalue weighted by molar-refractivity contribution is 0.218. The van der Waals surface area contributed by atoms with E-state index < -0.39 is 0 Å². The molecule has 0 aliphatic carbocycles. The summed E-state index contributed by atoms with van der Waals surface area (Å²) >= 11 is 0. The van der Waals surface area contributed by atoms with Gasteiger partial charge >= 0.3 is 0 Å². The first-order chi connectivity index (χ1) is 7.66. The minimum atomic E-state index is 0.327. The first-order valence-corrected chi connectivity index (χ1v) is 6.44. The van der Waals surface area contributed by atoms with Crippen LogP contribution in [0.3, 0.4) is 0 Å². The summed E-state index contributed by atoms with van der Waals surface area (Å²) in [6, 6.07) is 1.59. The largest absolute Gasteiger partial charge is 0.388 e. The molecule has 2 bridgehead atoms. The van der Waals surface area contributed by atoms with E-state index in [0.717, 1.165) is 31.5 Å². The smallest absolute Gasteiger partial charge is 0.0905 e. The molecule has 0 spiro atoms. The van der Waals surface area contributed by atoms with Crippen molar-refractivity contribution in [1.29, 1.82) is 5.41 Å². The number of hydrogen-bond donors (Lipinski definition) is 2. The molecule has 2 saturated heterocycles. The van der Waals surface area contributed by atoms with Gasteiger partial charge in [-0.15, -0.1) is 0 Å². The van der Waals surface area contributed by atoms with Crippen LogP contribution in [0.4, 0.5) is 0 Å². The Bertz CT molecular complexity index is 253. The summed E-state index contributed by atoms with van der Waals surface area (Å²) in [6.07, 6.45) is 5.86. The minimum Gasteiger partial charge on any atom is -0.388 e. The molecular weight excluding hydrogens is 200 g/mol. The highest BCUT2D eigenvalue weighted by atomic mass is 15.3. The van der Waals surface area contributed by atoms with Gasteiger partial charge < -0.3 is 10.6 Å². The molecule has 2 heterocycles. The van der Waals surface area contributed by atoms with Crippen molar-refractivity contribution >= 4 is 5.84 Å². The minimum absolute atomic E-state index is 0.327. The van der Waals surface area contributed by atoms with E-state index in [0.29, 0.717) is 5.84 Å². The lowest BCUT2D eigenvalue weighted by Crippen LogP contribution is -2.37. The van der Waals surface area contributed by atoms with E-state index >= 15 is 0 Å². The molecule has 0 aromatic heterocycles. The van der Waals surface area contributed by atoms with Crippen molar-refractivity contribution < 1.29 is 0 Å². The highest BCUT2D eigenvalue weighted by molar-refractivity contribution is 5.76. The predicted molar refractivity (Wildman–Crippen MR) is 66.8 cm³/mol. The number of hydrogen-bond acceptors (Lipinski definition) is 3. The number of nitrogens with one attached hydrogen (secondary N) is 1. The van der Waals surface area contributed by atoms with Crippen LogP contribution in [-0.4, -0.2) is 54.4 Å². The Morgan fingerprint density at radius 1 is 1.31 bits per heavy atom. The van der Waals surface area contributed by atoms with Gasteiger partial charge in [-0.05, 0) is 45.8 Å². The number of nitrogens with two attached hydrogens (primary N) is 1. The maximum absolute atomic E-state index is 7.22. The first-order valence-electron chi connectivity index (χ1n) is 6.44. The van der Waals surface area contributed by atoms with Gasteiger partial charge in [0.25, 0.3) is 0 Å². The van der Waals surface area contributed by atoms with Crippen molar-refractivity contribution in [3.8, 4) is 0 Å². The van der Waals surface area contributed by atoms with Crippen LogP contribution in [0.25, 0.3) is 0 Å². The number of amidine groups is 1. The Kier molecular flexibility index (Phi) is 3.82. The molecule has 3 N–H and O–H groups in total. The second-order valence-corrected chi connectivity index (χ2v) is 5.27. The molecule has 2 unspecified atom stereocenters. The fraction of sp³-hybridized carbons (Fsp3) is 0.917. The third kappa shape index (κ3) is 2.74. The molecule has 2 atom stereocenters. The van der Waals surface area contributed by atoms with Crippen molar-refractivity contribution in [2.24, 2.45) is 5.73 Å². The number of likely N-dealkylation sites (tertiary alicyclic amines) is 1. The summed E-state index contributed by atoms with van der Waals surface area (Å²) in [5, 5.41) is 7.22. The van der Waals surface area contributed by atoms with Crippen LogP contribution in [0.15, 0.2) is 0 Å². The van der Waals surface area contributed by atoms with Gasteiger partial charge in [-0.1, -0.05) is 0 Å². The molecule has 2 aliphatic rings. The molecule has 0 radical (unpaired) electrons. The molecule has 2 rings (SSSR count). The molecule has 92 valence electrons. The van der Waals surface area contributed by atoms with E-state index in [9.17, 15) is 0 Å². The molecule has 2 aliphatic heterocycles. The normalized spacial score (nSPS) is 31.6. The van der Waals surface area contributed by atoms with Crippen LogP contribution >= 0.6 is 0 Å². The zero-order chi connectivity index (χ0) is 11.5. The summed E-state index contributed by atoms with van der Waals surface area (Å²) in [4.78, 5) is 5.13. The number of nitrogens with zero attached hydrogens (tertiary/aromatic N) is 2. The van der Waals surface area contributed by atoms with Crippen LogP contribution in [0.2, 0.25) is 0 Å². The van der Waals surface area contributed by atoms with E-state index in [2.05, 4.69) is 16.8 Å². The Morgan fingerprint density at radius 2 is 2.06 bits per heavy atom. The monoisotopic (exact) mass is 224 g/mol. The maximum Gasteiger partial charge on any atom is 0.0905 e. The van der Waals surface area contributed by atoms with Crippen molar-refractivity contribution in [3.05, 3.63) is 0 Å². The average Bonchev–Trinajstić information content (AvgIpc) is 2.45. The summed E-state index contributed by atoms with van der Waals surface area (Å²) in [5.74, 6) is 0.327. The predicted octanol–water partition coefficient (Wildman–Crippen LogP) is 0.871. The van der Waals surface area contributed by atoms with Crippen molar-refractivity contribution in [2.45, 2.75) is 44.2 Å². The maximum atomic E-state index is 7.22. The van der Waals surface area contributed by atoms with E-state index in [1.165, 1.54) is 32.4 Å². The zero-order valence-corrected chi connectivity index (χ0v) is 10.3. The van der Waals surface area contributed by atoms with Crippen LogP contribution in [0.1, 0.15) is 32.1 Å². The van der Waals surface area contributed by atoms with Gasteiger partial charge in [0, 0.05) is 25.0 Å². The van der Waals surface area contributed by atoms with Crippen molar-refractivity contribution in [3.63, 3.8) is 0 Å². The lowest BCUT2D eigenvalue weighted by atomic mass is 10.1. The van der Waals surface area contributed by atoms with E-state index in [-0.39, 0.29) is 0 Å². The Morgan fingerprint density at radius 3 is 2.81 bits per heavy atom. The topological polar surface area (TPSA) is 56.4 Å². The Balaban J connectivity index is 1.78. The summed E-state index contributed by atoms with van der Waals surface area (Å²) in [6.45, 7) is 3.55. The first kappa shape index (κ1) is 11.9. The second kappa shape index (κ2) is 5.15. The fourth-order valence-electron chi connectivity index (χ4n) is 3.08. The lowest BCUT2D eigenvalue weighted by Gasteiger charge is -2.25. The molecule has 0 amide bonds. The zero-order valence-electron chi connectivity index (χ0n) is 10.3. The van der Waals surface area contributed by atoms with Gasteiger partial charge in [0.05, 0.1) is 5.84 Å². The van der Waals surface area contributed by atoms with Gasteiger partial charge in [-0.25, -0.2) is 0 Å². The highest BCUT2D eigenvalue weighted by Gasteiger charge is 2.34. The molecule has 4 nitrogen and oxygen atoms in total. The van der Waals surface area contributed by atoms with E-state index in [1.807, 2.05) is 0 Å². The van der Waals surface area contributed by atoms with Gasteiger partial charge in [0.1, 0.15) is 0 Å². The SMILES string of the molecule is CN1C2CCC1CN(CCCC(=N)N)CC2. The Hall–Kier alpha value is -0.610. The van der Waals surface area contributed by atoms with Gasteiger partial charge in [0.15, 0.2) is 0 Å². The number of fused-ring (bicyclic) bond motifs is 2. The standard InChI is InChI=1S/C12H24N4/c1-15-10-4-5-11(15)9-16(8-6-10)7-2-3-12(13)14/h10-11H,2-9H2,1H3,(H3,13,14). The van der Waals surface area contributed by atoms with Crippen LogP contribution in [0, 0.1) is 5.41 Å². The van der Waals surface area contributed by atoms with Crippen LogP contribution in [0.5, 0.6) is 0 Å². The van der Waals surface area contributed by atoms with Crippen molar-refractivity contribution in [1.82, 2.24) is 9.80 Å². The second-order valence-electron chi connectivity index (χ2n) is 5.27. The third-order valence-corrected chi connectivity index (χ3v) is 4.15. The molecule has 4 heteroatoms. The number of likely N-dealkylation sites (N-methyl/N-ethyl adjacent to an activating group) is 1. The van der Waals surface area contributed by atoms with E-state index in [1.54, 1.807) is 0 Å². The molecule has 16 heavy (non-hydrogen) atoms. The van der Waals surface area contributed by atoms with Crippen LogP contribution < -0.4 is 5.73 Å². The highest BCUT2D eigenvalue weighted by Crippen LogP contribution is 2.28. The van der Waals surface area contributed by atoms with Crippen LogP contribution in [-0.2, 0) is 0 Å². The Labute approximate surface area is 98.3 Å². The average molecular weight is 224 g/mol. The quantitative estimate of drug-likeness (QED) is 0.550. The van der Waals surface area contributed by atoms with Crippen molar-refractivity contribution in [2.75, 3.05) is 26.7 Å². The fourth-order valence-corrected chi connectivity index (χ4v) is 3.08. The van der Waals surface area contributed by atoms with Gasteiger partial charge in [-0.2, -0.15) is 0 Å².